The number of rotatable bonds is 3. The lowest BCUT2D eigenvalue weighted by Gasteiger charge is -2.06. The van der Waals surface area contributed by atoms with Crippen LogP contribution < -0.4 is 0 Å². The van der Waals surface area contributed by atoms with E-state index >= 15 is 0 Å². The molecule has 0 atom stereocenters. The van der Waals surface area contributed by atoms with Gasteiger partial charge in [0, 0.05) is 0 Å². The quantitative estimate of drug-likeness (QED) is 0.768. The Kier molecular flexibility index (Phi) is 2.85. The van der Waals surface area contributed by atoms with Gasteiger partial charge in [0.1, 0.15) is 0 Å². The Hall–Kier alpha value is -1.57. The molecule has 2 nitrogen and oxygen atoms in total. The molecule has 0 fully saturated rings. The molecule has 0 aromatic heterocycles. The summed E-state index contributed by atoms with van der Waals surface area (Å²) in [6.45, 7) is 5.78. The van der Waals surface area contributed by atoms with Crippen molar-refractivity contribution in [3.63, 3.8) is 0 Å². The summed E-state index contributed by atoms with van der Waals surface area (Å²) in [5.41, 5.74) is 1.92. The van der Waals surface area contributed by atoms with Gasteiger partial charge in [0.05, 0.1) is 5.56 Å². The van der Waals surface area contributed by atoms with Gasteiger partial charge in [-0.25, -0.2) is 4.79 Å². The molecule has 2 heteroatoms. The Morgan fingerprint density at radius 1 is 1.38 bits per heavy atom. The molecular formula is C11H12O2. The van der Waals surface area contributed by atoms with E-state index in [2.05, 4.69) is 6.58 Å². The van der Waals surface area contributed by atoms with Crippen LogP contribution in [0.4, 0.5) is 0 Å². The van der Waals surface area contributed by atoms with Gasteiger partial charge in [0.15, 0.2) is 0 Å². The normalized spacial score (nSPS) is 9.62. The molecule has 0 aliphatic carbocycles. The van der Waals surface area contributed by atoms with Crippen LogP contribution in [0.2, 0.25) is 0 Å². The molecule has 0 aliphatic rings. The summed E-state index contributed by atoms with van der Waals surface area (Å²) >= 11 is 0. The zero-order chi connectivity index (χ0) is 9.84. The third-order valence-electron chi connectivity index (χ3n) is 1.97. The van der Waals surface area contributed by atoms with Crippen LogP contribution in [0.5, 0.6) is 0 Å². The standard InChI is InChI=1S/C11H12O2/c1-3-8(2)9-6-4-5-7-10(9)11(12)13/h4-7H,2-3H2,1H3,(H,12,13). The van der Waals surface area contributed by atoms with Crippen LogP contribution in [0, 0.1) is 0 Å². The first kappa shape index (κ1) is 9.52. The van der Waals surface area contributed by atoms with Gasteiger partial charge in [-0.3, -0.25) is 0 Å². The Morgan fingerprint density at radius 2 is 1.92 bits per heavy atom. The van der Waals surface area contributed by atoms with Crippen LogP contribution in [-0.4, -0.2) is 11.1 Å². The van der Waals surface area contributed by atoms with Crippen LogP contribution in [0.3, 0.4) is 0 Å². The fourth-order valence-corrected chi connectivity index (χ4v) is 1.17. The summed E-state index contributed by atoms with van der Waals surface area (Å²) < 4.78 is 0. The lowest BCUT2D eigenvalue weighted by atomic mass is 9.99. The van der Waals surface area contributed by atoms with Crippen molar-refractivity contribution in [2.75, 3.05) is 0 Å². The van der Waals surface area contributed by atoms with Crippen LogP contribution in [0.25, 0.3) is 5.57 Å². The maximum Gasteiger partial charge on any atom is 0.336 e. The highest BCUT2D eigenvalue weighted by molar-refractivity contribution is 5.93. The average Bonchev–Trinajstić information content (AvgIpc) is 2.16. The van der Waals surface area contributed by atoms with Gasteiger partial charge >= 0.3 is 5.97 Å². The van der Waals surface area contributed by atoms with Gasteiger partial charge in [-0.1, -0.05) is 31.7 Å². The minimum Gasteiger partial charge on any atom is -0.478 e. The number of carbonyl (C=O) groups is 1. The maximum atomic E-state index is 10.8. The smallest absolute Gasteiger partial charge is 0.336 e. The molecule has 13 heavy (non-hydrogen) atoms. The first-order valence-electron chi connectivity index (χ1n) is 4.17. The maximum absolute atomic E-state index is 10.8. The van der Waals surface area contributed by atoms with Crippen molar-refractivity contribution in [1.82, 2.24) is 0 Å². The van der Waals surface area contributed by atoms with E-state index in [0.29, 0.717) is 5.56 Å². The Balaban J connectivity index is 3.19. The number of aromatic carboxylic acids is 1. The highest BCUT2D eigenvalue weighted by Crippen LogP contribution is 2.19. The molecule has 0 heterocycles. The largest absolute Gasteiger partial charge is 0.478 e. The first-order valence-corrected chi connectivity index (χ1v) is 4.17. The van der Waals surface area contributed by atoms with Crippen molar-refractivity contribution in [3.8, 4) is 0 Å². The summed E-state index contributed by atoms with van der Waals surface area (Å²) in [5.74, 6) is -0.898. The Bertz CT molecular complexity index is 340. The molecular weight excluding hydrogens is 164 g/mol. The predicted molar refractivity (Wildman–Crippen MR) is 52.7 cm³/mol. The molecule has 1 aromatic rings. The fraction of sp³-hybridized carbons (Fsp3) is 0.182. The van der Waals surface area contributed by atoms with E-state index < -0.39 is 5.97 Å². The van der Waals surface area contributed by atoms with Gasteiger partial charge in [-0.05, 0) is 23.6 Å². The molecule has 0 saturated carbocycles. The summed E-state index contributed by atoms with van der Waals surface area (Å²) in [4.78, 5) is 10.8. The lowest BCUT2D eigenvalue weighted by molar-refractivity contribution is 0.0696. The zero-order valence-electron chi connectivity index (χ0n) is 7.58. The van der Waals surface area contributed by atoms with Crippen LogP contribution in [0.15, 0.2) is 30.8 Å². The molecule has 1 aromatic carbocycles. The molecule has 0 saturated heterocycles. The van der Waals surface area contributed by atoms with Crippen molar-refractivity contribution >= 4 is 11.5 Å². The van der Waals surface area contributed by atoms with E-state index in [-0.39, 0.29) is 0 Å². The summed E-state index contributed by atoms with van der Waals surface area (Å²) in [6.07, 6.45) is 0.768. The van der Waals surface area contributed by atoms with Crippen molar-refractivity contribution in [3.05, 3.63) is 42.0 Å². The third kappa shape index (κ3) is 1.96. The van der Waals surface area contributed by atoms with Gasteiger partial charge in [0.2, 0.25) is 0 Å². The van der Waals surface area contributed by atoms with Crippen molar-refractivity contribution in [2.24, 2.45) is 0 Å². The van der Waals surface area contributed by atoms with E-state index in [1.165, 1.54) is 0 Å². The predicted octanol–water partition coefficient (Wildman–Crippen LogP) is 2.81. The SMILES string of the molecule is C=C(CC)c1ccccc1C(=O)O. The second-order valence-electron chi connectivity index (χ2n) is 2.81. The van der Waals surface area contributed by atoms with Crippen LogP contribution in [0.1, 0.15) is 29.3 Å². The second kappa shape index (κ2) is 3.90. The second-order valence-corrected chi connectivity index (χ2v) is 2.81. The molecule has 68 valence electrons. The van der Waals surface area contributed by atoms with Gasteiger partial charge in [0.25, 0.3) is 0 Å². The lowest BCUT2D eigenvalue weighted by Crippen LogP contribution is -2.00. The monoisotopic (exact) mass is 176 g/mol. The number of hydrogen-bond acceptors (Lipinski definition) is 1. The molecule has 0 aliphatic heterocycles. The first-order chi connectivity index (χ1) is 6.16. The van der Waals surface area contributed by atoms with E-state index in [4.69, 9.17) is 5.11 Å². The Labute approximate surface area is 77.5 Å². The van der Waals surface area contributed by atoms with E-state index in [0.717, 1.165) is 17.6 Å². The minimum absolute atomic E-state index is 0.328. The highest BCUT2D eigenvalue weighted by Gasteiger charge is 2.09. The Morgan fingerprint density at radius 3 is 2.38 bits per heavy atom. The van der Waals surface area contributed by atoms with Gasteiger partial charge in [-0.2, -0.15) is 0 Å². The molecule has 0 radical (unpaired) electrons. The zero-order valence-corrected chi connectivity index (χ0v) is 7.58. The van der Waals surface area contributed by atoms with Crippen LogP contribution >= 0.6 is 0 Å². The van der Waals surface area contributed by atoms with Crippen molar-refractivity contribution < 1.29 is 9.90 Å². The fourth-order valence-electron chi connectivity index (χ4n) is 1.17. The minimum atomic E-state index is -0.898. The van der Waals surface area contributed by atoms with Gasteiger partial charge < -0.3 is 5.11 Å². The molecule has 0 amide bonds. The van der Waals surface area contributed by atoms with Crippen molar-refractivity contribution in [1.29, 1.82) is 0 Å². The molecule has 1 N–H and O–H groups in total. The molecule has 0 spiro atoms. The topological polar surface area (TPSA) is 37.3 Å². The summed E-state index contributed by atoms with van der Waals surface area (Å²) in [7, 11) is 0. The van der Waals surface area contributed by atoms with E-state index in [9.17, 15) is 4.79 Å². The number of allylic oxidation sites excluding steroid dienone is 1. The molecule has 0 unspecified atom stereocenters. The third-order valence-corrected chi connectivity index (χ3v) is 1.97. The number of hydrogen-bond donors (Lipinski definition) is 1. The average molecular weight is 176 g/mol. The van der Waals surface area contributed by atoms with Gasteiger partial charge in [-0.15, -0.1) is 0 Å². The summed E-state index contributed by atoms with van der Waals surface area (Å²) in [6, 6.07) is 6.92. The molecule has 1 rings (SSSR count). The van der Waals surface area contributed by atoms with E-state index in [1.807, 2.05) is 13.0 Å². The number of benzene rings is 1. The van der Waals surface area contributed by atoms with Crippen molar-refractivity contribution in [2.45, 2.75) is 13.3 Å². The van der Waals surface area contributed by atoms with E-state index in [1.54, 1.807) is 18.2 Å². The summed E-state index contributed by atoms with van der Waals surface area (Å²) in [5, 5.41) is 8.87. The number of carboxylic acids is 1. The van der Waals surface area contributed by atoms with Crippen LogP contribution in [-0.2, 0) is 0 Å². The molecule has 0 bridgehead atoms. The highest BCUT2D eigenvalue weighted by atomic mass is 16.4. The number of carboxylic acid groups (broad SMARTS) is 1.